The standard InChI is InChI=1S/C44H25N5O.Pt/c1-3-10-27(11-4-1)39-41(28-12-5-2-6-13-28)49-43-35(16-8-23-46-43)33-21-20-31(25-37(33)44(49)47-39)50-32-19-18-29-24-30-14-7-15-34-36-17-9-22-45-42(36)48(40(30)34)38(29)26-32;/h1-23H,24H2;/q-2;+2. The number of para-hydroxylation sites is 1. The number of fused-ring (bicyclic) bond motifs is 11. The Morgan fingerprint density at radius 2 is 1.24 bits per heavy atom. The number of hydrogen-bond acceptors (Lipinski definition) is 4. The van der Waals surface area contributed by atoms with Gasteiger partial charge in [0.05, 0.1) is 22.6 Å². The number of rotatable bonds is 4. The fourth-order valence-electron chi connectivity index (χ4n) is 7.72. The summed E-state index contributed by atoms with van der Waals surface area (Å²) in [7, 11) is 0. The molecule has 0 N–H and O–H groups in total. The molecule has 5 aromatic heterocycles. The topological polar surface area (TPSA) is 57.2 Å². The molecule has 0 unspecified atom stereocenters. The molecule has 242 valence electrons. The SMILES string of the molecule is [Pt+2].[c-]1c(Oc2[c-]c3c(cc2)c2cccnc2n2c(-c4ccccc4)c(-c4ccccc4)nc32)ccc2c1-n1c3ncccc3c3cccc(c31)C2. The van der Waals surface area contributed by atoms with Crippen LogP contribution >= 0.6 is 0 Å². The largest absolute Gasteiger partial charge is 2.00 e. The second kappa shape index (κ2) is 11.5. The van der Waals surface area contributed by atoms with Crippen molar-refractivity contribution in [1.29, 1.82) is 0 Å². The van der Waals surface area contributed by atoms with Crippen LogP contribution in [0.4, 0.5) is 0 Å². The van der Waals surface area contributed by atoms with Crippen LogP contribution < -0.4 is 4.74 Å². The summed E-state index contributed by atoms with van der Waals surface area (Å²) in [4.78, 5) is 15.0. The third-order valence-corrected chi connectivity index (χ3v) is 9.84. The van der Waals surface area contributed by atoms with E-state index in [1.807, 2.05) is 60.9 Å². The number of pyridine rings is 3. The molecule has 0 atom stereocenters. The summed E-state index contributed by atoms with van der Waals surface area (Å²) < 4.78 is 11.0. The molecule has 51 heavy (non-hydrogen) atoms. The van der Waals surface area contributed by atoms with E-state index in [1.165, 1.54) is 22.0 Å². The van der Waals surface area contributed by atoms with Crippen LogP contribution in [-0.4, -0.2) is 23.9 Å². The van der Waals surface area contributed by atoms with Crippen molar-refractivity contribution in [1.82, 2.24) is 23.9 Å². The van der Waals surface area contributed by atoms with E-state index in [0.717, 1.165) is 73.1 Å². The van der Waals surface area contributed by atoms with Crippen LogP contribution in [0.2, 0.25) is 0 Å². The number of aromatic nitrogens is 5. The molecule has 1 aliphatic heterocycles. The smallest absolute Gasteiger partial charge is 0.503 e. The zero-order chi connectivity index (χ0) is 32.8. The monoisotopic (exact) mass is 834 g/mol. The summed E-state index contributed by atoms with van der Waals surface area (Å²) in [5, 5.41) is 5.22. The van der Waals surface area contributed by atoms with E-state index in [0.29, 0.717) is 11.5 Å². The molecule has 11 rings (SSSR count). The molecule has 1 aliphatic rings. The molecule has 0 saturated heterocycles. The van der Waals surface area contributed by atoms with Crippen molar-refractivity contribution in [2.24, 2.45) is 0 Å². The maximum Gasteiger partial charge on any atom is 2.00 e. The van der Waals surface area contributed by atoms with Gasteiger partial charge in [-0.3, -0.25) is 4.98 Å². The first kappa shape index (κ1) is 29.8. The fourth-order valence-corrected chi connectivity index (χ4v) is 7.72. The number of nitrogens with zero attached hydrogens (tertiary/aromatic N) is 5. The second-order valence-electron chi connectivity index (χ2n) is 12.7. The van der Waals surface area contributed by atoms with Gasteiger partial charge in [0, 0.05) is 45.8 Å². The Morgan fingerprint density at radius 3 is 2.04 bits per heavy atom. The Labute approximate surface area is 306 Å². The number of ether oxygens (including phenoxy) is 1. The zero-order valence-electron chi connectivity index (χ0n) is 26.9. The quantitative estimate of drug-likeness (QED) is 0.131. The van der Waals surface area contributed by atoms with E-state index in [1.54, 1.807) is 0 Å². The van der Waals surface area contributed by atoms with Gasteiger partial charge in [-0.2, -0.15) is 6.07 Å². The minimum Gasteiger partial charge on any atom is -0.503 e. The summed E-state index contributed by atoms with van der Waals surface area (Å²) in [6, 6.07) is 50.9. The van der Waals surface area contributed by atoms with Gasteiger partial charge in [-0.25, -0.2) is 9.97 Å². The van der Waals surface area contributed by atoms with E-state index in [2.05, 4.69) is 100.0 Å². The van der Waals surface area contributed by atoms with Gasteiger partial charge in [0.1, 0.15) is 11.3 Å². The maximum absolute atomic E-state index is 6.59. The first-order valence-electron chi connectivity index (χ1n) is 16.7. The van der Waals surface area contributed by atoms with E-state index in [-0.39, 0.29) is 21.1 Å². The van der Waals surface area contributed by atoms with Crippen LogP contribution in [0.3, 0.4) is 0 Å². The predicted molar refractivity (Wildman–Crippen MR) is 198 cm³/mol. The molecular weight excluding hydrogens is 810 g/mol. The van der Waals surface area contributed by atoms with Gasteiger partial charge in [0.25, 0.3) is 0 Å². The summed E-state index contributed by atoms with van der Waals surface area (Å²) in [5.41, 5.74) is 11.1. The van der Waals surface area contributed by atoms with Crippen molar-refractivity contribution in [3.8, 4) is 39.7 Å². The number of benzene rings is 5. The molecule has 0 saturated carbocycles. The van der Waals surface area contributed by atoms with E-state index in [4.69, 9.17) is 19.7 Å². The molecule has 0 spiro atoms. The van der Waals surface area contributed by atoms with Gasteiger partial charge in [0.2, 0.25) is 0 Å². The van der Waals surface area contributed by atoms with E-state index < -0.39 is 0 Å². The average molecular weight is 835 g/mol. The first-order valence-corrected chi connectivity index (χ1v) is 16.7. The number of imidazole rings is 1. The molecule has 0 aliphatic carbocycles. The Bertz CT molecular complexity index is 2990. The van der Waals surface area contributed by atoms with Crippen LogP contribution in [0.5, 0.6) is 11.5 Å². The van der Waals surface area contributed by atoms with Gasteiger partial charge in [-0.1, -0.05) is 107 Å². The molecule has 10 aromatic rings. The van der Waals surface area contributed by atoms with Gasteiger partial charge >= 0.3 is 21.1 Å². The summed E-state index contributed by atoms with van der Waals surface area (Å²) in [6.07, 6.45) is 4.52. The Balaban J connectivity index is 0.00000327. The summed E-state index contributed by atoms with van der Waals surface area (Å²) in [6.45, 7) is 0. The van der Waals surface area contributed by atoms with Crippen LogP contribution in [0, 0.1) is 12.1 Å². The van der Waals surface area contributed by atoms with Crippen molar-refractivity contribution in [2.75, 3.05) is 0 Å². The first-order chi connectivity index (χ1) is 24.8. The van der Waals surface area contributed by atoms with Crippen molar-refractivity contribution in [2.45, 2.75) is 6.42 Å². The average Bonchev–Trinajstić information content (AvgIpc) is 3.75. The van der Waals surface area contributed by atoms with Crippen molar-refractivity contribution in [3.63, 3.8) is 0 Å². The molecule has 0 radical (unpaired) electrons. The number of hydrogen-bond donors (Lipinski definition) is 0. The molecule has 0 amide bonds. The van der Waals surface area contributed by atoms with Gasteiger partial charge in [0.15, 0.2) is 0 Å². The van der Waals surface area contributed by atoms with Crippen molar-refractivity contribution >= 4 is 49.4 Å². The second-order valence-corrected chi connectivity index (χ2v) is 12.7. The third-order valence-electron chi connectivity index (χ3n) is 9.84. The van der Waals surface area contributed by atoms with Crippen LogP contribution in [-0.2, 0) is 27.5 Å². The molecule has 7 heteroatoms. The van der Waals surface area contributed by atoms with E-state index >= 15 is 0 Å². The maximum atomic E-state index is 6.59. The van der Waals surface area contributed by atoms with Gasteiger partial charge in [-0.05, 0) is 35.6 Å². The molecular formula is C44H25N5OPt. The summed E-state index contributed by atoms with van der Waals surface area (Å²) >= 11 is 0. The Hall–Kier alpha value is -6.10. The Morgan fingerprint density at radius 1 is 0.549 bits per heavy atom. The van der Waals surface area contributed by atoms with Crippen LogP contribution in [0.1, 0.15) is 11.1 Å². The van der Waals surface area contributed by atoms with Gasteiger partial charge < -0.3 is 13.7 Å². The molecule has 5 aromatic carbocycles. The minimum absolute atomic E-state index is 0. The summed E-state index contributed by atoms with van der Waals surface area (Å²) in [5.74, 6) is 1.20. The van der Waals surface area contributed by atoms with E-state index in [9.17, 15) is 0 Å². The van der Waals surface area contributed by atoms with Gasteiger partial charge in [-0.15, -0.1) is 29.8 Å². The normalized spacial score (nSPS) is 12.1. The van der Waals surface area contributed by atoms with Crippen molar-refractivity contribution in [3.05, 3.63) is 163 Å². The minimum atomic E-state index is 0. The molecule has 6 heterocycles. The van der Waals surface area contributed by atoms with Crippen LogP contribution in [0.15, 0.2) is 140 Å². The third kappa shape index (κ3) is 4.43. The molecule has 0 bridgehead atoms. The zero-order valence-corrected chi connectivity index (χ0v) is 29.2. The Kier molecular flexibility index (Phi) is 6.70. The fraction of sp³-hybridized carbons (Fsp3) is 0.0227. The molecule has 6 nitrogen and oxygen atoms in total. The predicted octanol–water partition coefficient (Wildman–Crippen LogP) is 10.2. The van der Waals surface area contributed by atoms with Crippen molar-refractivity contribution < 1.29 is 25.8 Å². The van der Waals surface area contributed by atoms with Crippen LogP contribution in [0.25, 0.3) is 77.6 Å². The molecule has 0 fully saturated rings.